The topological polar surface area (TPSA) is 70.6 Å². The maximum absolute atomic E-state index is 12.0. The van der Waals surface area contributed by atoms with E-state index in [0.29, 0.717) is 36.4 Å². The number of nitrogens with zero attached hydrogens (tertiary/aromatic N) is 1. The molecule has 2 saturated carbocycles. The van der Waals surface area contributed by atoms with Gasteiger partial charge in [0.15, 0.2) is 0 Å². The molecule has 5 heteroatoms. The third kappa shape index (κ3) is 2.48. The summed E-state index contributed by atoms with van der Waals surface area (Å²) >= 11 is 0. The largest absolute Gasteiger partial charge is 0.348 e. The van der Waals surface area contributed by atoms with Crippen LogP contribution < -0.4 is 10.7 Å². The first-order valence-corrected chi connectivity index (χ1v) is 6.40. The molecule has 1 aliphatic heterocycles. The Morgan fingerprint density at radius 3 is 2.35 bits per heavy atom. The Balaban J connectivity index is 1.60. The van der Waals surface area contributed by atoms with Gasteiger partial charge in [0.25, 0.3) is 5.91 Å². The molecule has 2 amide bonds. The van der Waals surface area contributed by atoms with Crippen LogP contribution in [0.4, 0.5) is 0 Å². The van der Waals surface area contributed by atoms with E-state index in [0.717, 1.165) is 0 Å². The smallest absolute Gasteiger partial charge is 0.267 e. The molecule has 0 aromatic rings. The van der Waals surface area contributed by atoms with E-state index in [1.807, 2.05) is 0 Å². The Bertz CT molecular complexity index is 371. The predicted octanol–water partition coefficient (Wildman–Crippen LogP) is 0.557. The Hall–Kier alpha value is -1.39. The minimum atomic E-state index is -0.109. The first-order chi connectivity index (χ1) is 8.24. The summed E-state index contributed by atoms with van der Waals surface area (Å²) in [5, 5.41) is 6.93. The van der Waals surface area contributed by atoms with E-state index in [1.54, 1.807) is 0 Å². The second-order valence-electron chi connectivity index (χ2n) is 5.27. The molecule has 0 unspecified atom stereocenters. The van der Waals surface area contributed by atoms with E-state index in [9.17, 15) is 9.59 Å². The molecule has 0 bridgehead atoms. The van der Waals surface area contributed by atoms with Crippen LogP contribution in [0.15, 0.2) is 5.10 Å². The third-order valence-electron chi connectivity index (χ3n) is 3.72. The van der Waals surface area contributed by atoms with Crippen LogP contribution in [0.2, 0.25) is 0 Å². The van der Waals surface area contributed by atoms with Crippen LogP contribution in [-0.2, 0) is 9.59 Å². The summed E-state index contributed by atoms with van der Waals surface area (Å²) in [5.74, 6) is 1.17. The fourth-order valence-corrected chi connectivity index (χ4v) is 2.40. The number of hydrazone groups is 1. The molecule has 0 atom stereocenters. The molecule has 92 valence electrons. The van der Waals surface area contributed by atoms with E-state index < -0.39 is 0 Å². The first-order valence-electron chi connectivity index (χ1n) is 6.40. The van der Waals surface area contributed by atoms with E-state index in [4.69, 9.17) is 0 Å². The standard InChI is InChI=1S/C12H17N3O2/c16-10-6-5-9(14-15-10)12(17)13-11(7-1-2-7)8-3-4-8/h7-8,11H,1-6H2,(H,13,17)(H,15,16). The summed E-state index contributed by atoms with van der Waals surface area (Å²) in [4.78, 5) is 22.9. The first kappa shape index (κ1) is 10.7. The Morgan fingerprint density at radius 1 is 1.24 bits per heavy atom. The maximum Gasteiger partial charge on any atom is 0.267 e. The van der Waals surface area contributed by atoms with E-state index in [1.165, 1.54) is 25.7 Å². The van der Waals surface area contributed by atoms with Crippen molar-refractivity contribution in [3.05, 3.63) is 0 Å². The molecule has 2 fully saturated rings. The lowest BCUT2D eigenvalue weighted by Gasteiger charge is -2.19. The normalized spacial score (nSPS) is 24.3. The van der Waals surface area contributed by atoms with Crippen molar-refractivity contribution in [3.63, 3.8) is 0 Å². The van der Waals surface area contributed by atoms with Gasteiger partial charge in [0.05, 0.1) is 0 Å². The highest BCUT2D eigenvalue weighted by Crippen LogP contribution is 2.44. The number of carbonyl (C=O) groups is 2. The summed E-state index contributed by atoms with van der Waals surface area (Å²) < 4.78 is 0. The molecule has 0 saturated heterocycles. The lowest BCUT2D eigenvalue weighted by Crippen LogP contribution is -2.44. The zero-order valence-electron chi connectivity index (χ0n) is 9.74. The van der Waals surface area contributed by atoms with Crippen LogP contribution in [0.5, 0.6) is 0 Å². The predicted molar refractivity (Wildman–Crippen MR) is 62.2 cm³/mol. The molecule has 3 rings (SSSR count). The molecule has 2 aliphatic carbocycles. The molecule has 2 N–H and O–H groups in total. The highest BCUT2D eigenvalue weighted by Gasteiger charge is 2.42. The summed E-state index contributed by atoms with van der Waals surface area (Å²) in [6.07, 6.45) is 5.79. The van der Waals surface area contributed by atoms with Crippen LogP contribution >= 0.6 is 0 Å². The lowest BCUT2D eigenvalue weighted by atomic mass is 10.1. The van der Waals surface area contributed by atoms with Gasteiger partial charge in [0.2, 0.25) is 5.91 Å². The van der Waals surface area contributed by atoms with Crippen molar-refractivity contribution < 1.29 is 9.59 Å². The van der Waals surface area contributed by atoms with Gasteiger partial charge in [0, 0.05) is 18.9 Å². The van der Waals surface area contributed by atoms with Crippen molar-refractivity contribution in [2.75, 3.05) is 0 Å². The molecule has 0 radical (unpaired) electrons. The average Bonchev–Trinajstić information content (AvgIpc) is 3.17. The molecule has 1 heterocycles. The molecular formula is C12H17N3O2. The van der Waals surface area contributed by atoms with Crippen molar-refractivity contribution in [2.24, 2.45) is 16.9 Å². The number of amides is 2. The Morgan fingerprint density at radius 2 is 1.88 bits per heavy atom. The summed E-state index contributed by atoms with van der Waals surface area (Å²) in [6, 6.07) is 0.350. The van der Waals surface area contributed by atoms with E-state index in [2.05, 4.69) is 15.8 Å². The summed E-state index contributed by atoms with van der Waals surface area (Å²) in [5.41, 5.74) is 2.83. The Labute approximate surface area is 100 Å². The van der Waals surface area contributed by atoms with Gasteiger partial charge in [-0.25, -0.2) is 5.43 Å². The van der Waals surface area contributed by atoms with Gasteiger partial charge in [-0.15, -0.1) is 0 Å². The highest BCUT2D eigenvalue weighted by atomic mass is 16.2. The third-order valence-corrected chi connectivity index (χ3v) is 3.72. The van der Waals surface area contributed by atoms with Gasteiger partial charge in [-0.1, -0.05) is 0 Å². The number of hydrogen-bond acceptors (Lipinski definition) is 3. The van der Waals surface area contributed by atoms with Crippen molar-refractivity contribution in [2.45, 2.75) is 44.6 Å². The van der Waals surface area contributed by atoms with Gasteiger partial charge in [-0.3, -0.25) is 9.59 Å². The van der Waals surface area contributed by atoms with Crippen LogP contribution in [0.25, 0.3) is 0 Å². The summed E-state index contributed by atoms with van der Waals surface area (Å²) in [7, 11) is 0. The van der Waals surface area contributed by atoms with Crippen molar-refractivity contribution in [1.29, 1.82) is 0 Å². The maximum atomic E-state index is 12.0. The number of carbonyl (C=O) groups excluding carboxylic acids is 2. The van der Waals surface area contributed by atoms with Gasteiger partial charge in [0.1, 0.15) is 5.71 Å². The lowest BCUT2D eigenvalue weighted by molar-refractivity contribution is -0.121. The van der Waals surface area contributed by atoms with E-state index >= 15 is 0 Å². The molecule has 0 aromatic heterocycles. The molecule has 5 nitrogen and oxygen atoms in total. The van der Waals surface area contributed by atoms with Gasteiger partial charge >= 0.3 is 0 Å². The average molecular weight is 235 g/mol. The number of rotatable bonds is 4. The van der Waals surface area contributed by atoms with Crippen LogP contribution in [0, 0.1) is 11.8 Å². The van der Waals surface area contributed by atoms with Crippen LogP contribution in [0.3, 0.4) is 0 Å². The van der Waals surface area contributed by atoms with Gasteiger partial charge < -0.3 is 5.32 Å². The quantitative estimate of drug-likeness (QED) is 0.747. The summed E-state index contributed by atoms with van der Waals surface area (Å²) in [6.45, 7) is 0. The van der Waals surface area contributed by atoms with Crippen molar-refractivity contribution in [3.8, 4) is 0 Å². The molecule has 0 spiro atoms. The zero-order chi connectivity index (χ0) is 11.8. The molecule has 3 aliphatic rings. The van der Waals surface area contributed by atoms with Gasteiger partial charge in [-0.05, 0) is 37.5 Å². The van der Waals surface area contributed by atoms with Crippen LogP contribution in [-0.4, -0.2) is 23.6 Å². The second-order valence-corrected chi connectivity index (χ2v) is 5.27. The van der Waals surface area contributed by atoms with Gasteiger partial charge in [-0.2, -0.15) is 5.10 Å². The van der Waals surface area contributed by atoms with E-state index in [-0.39, 0.29) is 11.8 Å². The number of hydrogen-bond donors (Lipinski definition) is 2. The van der Waals surface area contributed by atoms with Crippen molar-refractivity contribution >= 4 is 17.5 Å². The van der Waals surface area contributed by atoms with Crippen LogP contribution in [0.1, 0.15) is 38.5 Å². The molecule has 0 aromatic carbocycles. The second kappa shape index (κ2) is 4.13. The highest BCUT2D eigenvalue weighted by molar-refractivity contribution is 6.39. The SMILES string of the molecule is O=C1CCC(C(=O)NC(C2CC2)C2CC2)=NN1. The fraction of sp³-hybridized carbons (Fsp3) is 0.750. The monoisotopic (exact) mass is 235 g/mol. The molecular weight excluding hydrogens is 218 g/mol. The Kier molecular flexibility index (Phi) is 2.61. The minimum Gasteiger partial charge on any atom is -0.348 e. The minimum absolute atomic E-state index is 0.0891. The molecule has 17 heavy (non-hydrogen) atoms. The van der Waals surface area contributed by atoms with Crippen molar-refractivity contribution in [1.82, 2.24) is 10.7 Å². The zero-order valence-corrected chi connectivity index (χ0v) is 9.74. The fourth-order valence-electron chi connectivity index (χ4n) is 2.40. The number of nitrogens with one attached hydrogen (secondary N) is 2.